The lowest BCUT2D eigenvalue weighted by Crippen LogP contribution is -2.09. The summed E-state index contributed by atoms with van der Waals surface area (Å²) in [5.74, 6) is 2.14. The van der Waals surface area contributed by atoms with Crippen LogP contribution in [0.25, 0.3) is 11.4 Å². The summed E-state index contributed by atoms with van der Waals surface area (Å²) in [6.07, 6.45) is 8.21. The van der Waals surface area contributed by atoms with Crippen molar-refractivity contribution in [1.29, 1.82) is 0 Å². The van der Waals surface area contributed by atoms with Gasteiger partial charge in [-0.05, 0) is 50.2 Å². The second-order valence-electron chi connectivity index (χ2n) is 5.04. The highest BCUT2D eigenvalue weighted by molar-refractivity contribution is 9.10. The van der Waals surface area contributed by atoms with E-state index in [-0.39, 0.29) is 0 Å². The Morgan fingerprint density at radius 2 is 2.11 bits per heavy atom. The lowest BCUT2D eigenvalue weighted by molar-refractivity contribution is 0.324. The van der Waals surface area contributed by atoms with Crippen molar-refractivity contribution in [2.24, 2.45) is 5.92 Å². The minimum absolute atomic E-state index is 0.679. The monoisotopic (exact) mass is 319 g/mol. The van der Waals surface area contributed by atoms with Gasteiger partial charge in [-0.25, -0.2) is 0 Å². The average molecular weight is 320 g/mol. The summed E-state index contributed by atoms with van der Waals surface area (Å²) in [4.78, 5) is 4.51. The van der Waals surface area contributed by atoms with Gasteiger partial charge in [0.1, 0.15) is 0 Å². The zero-order chi connectivity index (χ0) is 13.1. The molecule has 1 aliphatic rings. The van der Waals surface area contributed by atoms with Crippen LogP contribution in [0.4, 0.5) is 0 Å². The van der Waals surface area contributed by atoms with Gasteiger partial charge in [0.25, 0.3) is 0 Å². The van der Waals surface area contributed by atoms with Crippen LogP contribution in [0.15, 0.2) is 33.3 Å². The van der Waals surface area contributed by atoms with Gasteiger partial charge in [0.15, 0.2) is 0 Å². The maximum Gasteiger partial charge on any atom is 0.227 e. The molecule has 1 aromatic heterocycles. The van der Waals surface area contributed by atoms with Crippen molar-refractivity contribution in [3.05, 3.63) is 41.0 Å². The van der Waals surface area contributed by atoms with E-state index in [0.29, 0.717) is 11.7 Å². The van der Waals surface area contributed by atoms with Crippen LogP contribution in [-0.4, -0.2) is 10.1 Å². The fraction of sp³-hybridized carbons (Fsp3) is 0.400. The fourth-order valence-electron chi connectivity index (χ4n) is 2.53. The SMILES string of the molecule is Brc1cccc(-c2noc(CC3CC[CH]CC3)n2)c1. The molecular formula is C15H16BrN2O. The van der Waals surface area contributed by atoms with Gasteiger partial charge >= 0.3 is 0 Å². The summed E-state index contributed by atoms with van der Waals surface area (Å²) in [6, 6.07) is 7.97. The highest BCUT2D eigenvalue weighted by Crippen LogP contribution is 2.27. The third-order valence-electron chi connectivity index (χ3n) is 3.57. The molecule has 0 N–H and O–H groups in total. The van der Waals surface area contributed by atoms with E-state index >= 15 is 0 Å². The quantitative estimate of drug-likeness (QED) is 0.839. The van der Waals surface area contributed by atoms with Gasteiger partial charge in [-0.1, -0.05) is 33.2 Å². The van der Waals surface area contributed by atoms with Gasteiger partial charge in [0, 0.05) is 16.5 Å². The van der Waals surface area contributed by atoms with E-state index in [4.69, 9.17) is 4.52 Å². The third kappa shape index (κ3) is 3.24. The van der Waals surface area contributed by atoms with E-state index in [0.717, 1.165) is 22.3 Å². The predicted octanol–water partition coefficient (Wildman–Crippen LogP) is 4.44. The predicted molar refractivity (Wildman–Crippen MR) is 77.4 cm³/mol. The van der Waals surface area contributed by atoms with E-state index in [1.165, 1.54) is 25.7 Å². The van der Waals surface area contributed by atoms with Crippen LogP contribution in [0.2, 0.25) is 0 Å². The molecule has 0 aliphatic heterocycles. The van der Waals surface area contributed by atoms with E-state index in [1.807, 2.05) is 24.3 Å². The molecule has 1 fully saturated rings. The molecule has 0 spiro atoms. The summed E-state index contributed by atoms with van der Waals surface area (Å²) < 4.78 is 6.40. The first-order valence-electron chi connectivity index (χ1n) is 6.71. The molecule has 0 atom stereocenters. The molecular weight excluding hydrogens is 304 g/mol. The number of rotatable bonds is 3. The summed E-state index contributed by atoms with van der Waals surface area (Å²) in [7, 11) is 0. The van der Waals surface area contributed by atoms with Gasteiger partial charge in [-0.15, -0.1) is 0 Å². The van der Waals surface area contributed by atoms with Crippen molar-refractivity contribution < 1.29 is 4.52 Å². The zero-order valence-electron chi connectivity index (χ0n) is 10.7. The van der Waals surface area contributed by atoms with Crippen molar-refractivity contribution in [3.8, 4) is 11.4 Å². The first-order chi connectivity index (χ1) is 9.31. The molecule has 1 aliphatic carbocycles. The van der Waals surface area contributed by atoms with E-state index in [2.05, 4.69) is 32.5 Å². The van der Waals surface area contributed by atoms with Crippen LogP contribution in [0, 0.1) is 12.3 Å². The van der Waals surface area contributed by atoms with Crippen molar-refractivity contribution in [2.75, 3.05) is 0 Å². The molecule has 19 heavy (non-hydrogen) atoms. The highest BCUT2D eigenvalue weighted by Gasteiger charge is 2.18. The van der Waals surface area contributed by atoms with Crippen molar-refractivity contribution >= 4 is 15.9 Å². The number of nitrogens with zero attached hydrogens (tertiary/aromatic N) is 2. The summed E-state index contributed by atoms with van der Waals surface area (Å²) in [6.45, 7) is 0. The smallest absolute Gasteiger partial charge is 0.227 e. The molecule has 3 nitrogen and oxygen atoms in total. The maximum absolute atomic E-state index is 5.38. The number of benzene rings is 1. The van der Waals surface area contributed by atoms with Crippen molar-refractivity contribution in [2.45, 2.75) is 32.1 Å². The number of hydrogen-bond donors (Lipinski definition) is 0. The molecule has 2 aromatic rings. The Morgan fingerprint density at radius 3 is 2.89 bits per heavy atom. The van der Waals surface area contributed by atoms with Crippen LogP contribution in [0.3, 0.4) is 0 Å². The first-order valence-corrected chi connectivity index (χ1v) is 7.51. The number of aromatic nitrogens is 2. The van der Waals surface area contributed by atoms with Crippen LogP contribution in [-0.2, 0) is 6.42 Å². The summed E-state index contributed by atoms with van der Waals surface area (Å²) >= 11 is 3.46. The zero-order valence-corrected chi connectivity index (χ0v) is 12.3. The van der Waals surface area contributed by atoms with Crippen molar-refractivity contribution in [3.63, 3.8) is 0 Å². The Labute approximate surface area is 121 Å². The minimum Gasteiger partial charge on any atom is -0.339 e. The van der Waals surface area contributed by atoms with E-state index < -0.39 is 0 Å². The molecule has 0 bridgehead atoms. The molecule has 3 rings (SSSR count). The molecule has 0 saturated heterocycles. The normalized spacial score (nSPS) is 16.7. The van der Waals surface area contributed by atoms with E-state index in [1.54, 1.807) is 0 Å². The number of hydrogen-bond acceptors (Lipinski definition) is 3. The van der Waals surface area contributed by atoms with Crippen LogP contribution in [0.5, 0.6) is 0 Å². The standard InChI is InChI=1S/C15H16BrN2O/c16-13-8-4-7-12(10-13)15-17-14(19-18-15)9-11-5-2-1-3-6-11/h1,4,7-8,10-11H,2-3,5-6,9H2. The molecule has 4 heteroatoms. The number of halogens is 1. The Bertz CT molecular complexity index is 547. The van der Waals surface area contributed by atoms with Gasteiger partial charge in [0.2, 0.25) is 11.7 Å². The van der Waals surface area contributed by atoms with Gasteiger partial charge in [-0.3, -0.25) is 0 Å². The maximum atomic E-state index is 5.38. The fourth-order valence-corrected chi connectivity index (χ4v) is 2.93. The highest BCUT2D eigenvalue weighted by atomic mass is 79.9. The lowest BCUT2D eigenvalue weighted by atomic mass is 9.87. The molecule has 1 radical (unpaired) electrons. The van der Waals surface area contributed by atoms with Gasteiger partial charge < -0.3 is 4.52 Å². The Kier molecular flexibility index (Phi) is 3.97. The van der Waals surface area contributed by atoms with Crippen LogP contribution >= 0.6 is 15.9 Å². The lowest BCUT2D eigenvalue weighted by Gasteiger charge is -2.19. The molecule has 1 saturated carbocycles. The first kappa shape index (κ1) is 12.9. The average Bonchev–Trinajstić information content (AvgIpc) is 2.88. The summed E-state index contributed by atoms with van der Waals surface area (Å²) in [5.41, 5.74) is 0.987. The Balaban J connectivity index is 1.72. The third-order valence-corrected chi connectivity index (χ3v) is 4.07. The topological polar surface area (TPSA) is 38.9 Å². The molecule has 0 amide bonds. The molecule has 0 unspecified atom stereocenters. The minimum atomic E-state index is 0.679. The van der Waals surface area contributed by atoms with Crippen LogP contribution in [0.1, 0.15) is 31.6 Å². The van der Waals surface area contributed by atoms with Gasteiger partial charge in [-0.2, -0.15) is 4.98 Å². The second kappa shape index (κ2) is 5.87. The van der Waals surface area contributed by atoms with Gasteiger partial charge in [0.05, 0.1) is 0 Å². The van der Waals surface area contributed by atoms with Crippen LogP contribution < -0.4 is 0 Å². The Morgan fingerprint density at radius 1 is 1.26 bits per heavy atom. The Hall–Kier alpha value is -1.16. The second-order valence-corrected chi connectivity index (χ2v) is 5.95. The van der Waals surface area contributed by atoms with Crippen molar-refractivity contribution in [1.82, 2.24) is 10.1 Å². The molecule has 99 valence electrons. The van der Waals surface area contributed by atoms with E-state index in [9.17, 15) is 0 Å². The largest absolute Gasteiger partial charge is 0.339 e. The summed E-state index contributed by atoms with van der Waals surface area (Å²) in [5, 5.41) is 4.08. The molecule has 1 heterocycles. The molecule has 1 aromatic carbocycles.